The van der Waals surface area contributed by atoms with Gasteiger partial charge in [-0.25, -0.2) is 23.1 Å². The predicted octanol–water partition coefficient (Wildman–Crippen LogP) is 2.80. The Labute approximate surface area is 145 Å². The zero-order valence-electron chi connectivity index (χ0n) is 13.6. The smallest absolute Gasteiger partial charge is 0.267 e. The minimum absolute atomic E-state index is 0.00281. The van der Waals surface area contributed by atoms with E-state index in [1.165, 1.54) is 18.2 Å². The summed E-state index contributed by atoms with van der Waals surface area (Å²) in [5, 5.41) is 0.824. The lowest BCUT2D eigenvalue weighted by atomic mass is 10.2. The molecule has 0 atom stereocenters. The van der Waals surface area contributed by atoms with Crippen molar-refractivity contribution in [2.24, 2.45) is 0 Å². The molecule has 0 amide bonds. The third kappa shape index (κ3) is 3.80. The Balaban J connectivity index is 1.95. The third-order valence-electron chi connectivity index (χ3n) is 3.43. The van der Waals surface area contributed by atoms with Crippen molar-refractivity contribution in [3.8, 4) is 5.75 Å². The highest BCUT2D eigenvalue weighted by Crippen LogP contribution is 2.28. The van der Waals surface area contributed by atoms with Crippen LogP contribution in [0.3, 0.4) is 0 Å². The van der Waals surface area contributed by atoms with Gasteiger partial charge < -0.3 is 10.5 Å². The van der Waals surface area contributed by atoms with Crippen molar-refractivity contribution >= 4 is 32.6 Å². The molecule has 0 unspecified atom stereocenters. The highest BCUT2D eigenvalue weighted by atomic mass is 32.2. The van der Waals surface area contributed by atoms with Crippen LogP contribution in [-0.2, 0) is 10.0 Å². The molecule has 0 aliphatic rings. The van der Waals surface area contributed by atoms with Crippen molar-refractivity contribution in [3.05, 3.63) is 48.7 Å². The minimum atomic E-state index is -3.92. The van der Waals surface area contributed by atoms with Gasteiger partial charge in [-0.15, -0.1) is 0 Å². The van der Waals surface area contributed by atoms with Crippen LogP contribution in [0.5, 0.6) is 5.75 Å². The molecule has 3 rings (SSSR count). The van der Waals surface area contributed by atoms with Gasteiger partial charge in [-0.3, -0.25) is 0 Å². The molecule has 3 N–H and O–H groups in total. The lowest BCUT2D eigenvalue weighted by molar-refractivity contribution is 0.309. The SMILES string of the molecule is CCCOc1cc(N)ccc1S(=O)(=O)Nc1ncc2ccccc2n1. The fourth-order valence-electron chi connectivity index (χ4n) is 2.27. The second-order valence-electron chi connectivity index (χ2n) is 5.41. The summed E-state index contributed by atoms with van der Waals surface area (Å²) in [4.78, 5) is 8.28. The van der Waals surface area contributed by atoms with E-state index in [0.717, 1.165) is 11.8 Å². The predicted molar refractivity (Wildman–Crippen MR) is 97.0 cm³/mol. The van der Waals surface area contributed by atoms with E-state index in [1.807, 2.05) is 25.1 Å². The normalized spacial score (nSPS) is 11.4. The van der Waals surface area contributed by atoms with Crippen molar-refractivity contribution in [1.29, 1.82) is 0 Å². The summed E-state index contributed by atoms with van der Waals surface area (Å²) in [7, 11) is -3.92. The Hall–Kier alpha value is -2.87. The first-order chi connectivity index (χ1) is 12.0. The Bertz CT molecular complexity index is 1010. The summed E-state index contributed by atoms with van der Waals surface area (Å²) in [5.41, 5.74) is 6.81. The summed E-state index contributed by atoms with van der Waals surface area (Å²) in [5.74, 6) is 0.201. The van der Waals surface area contributed by atoms with E-state index >= 15 is 0 Å². The number of ether oxygens (including phenoxy) is 1. The van der Waals surface area contributed by atoms with Crippen LogP contribution in [0.25, 0.3) is 10.9 Å². The molecule has 1 aromatic heterocycles. The van der Waals surface area contributed by atoms with E-state index in [4.69, 9.17) is 10.5 Å². The van der Waals surface area contributed by atoms with Crippen LogP contribution in [0.2, 0.25) is 0 Å². The van der Waals surface area contributed by atoms with Crippen molar-refractivity contribution in [3.63, 3.8) is 0 Å². The Morgan fingerprint density at radius 2 is 2.00 bits per heavy atom. The zero-order chi connectivity index (χ0) is 17.9. The lowest BCUT2D eigenvalue weighted by Gasteiger charge is -2.13. The Morgan fingerprint density at radius 1 is 1.20 bits per heavy atom. The van der Waals surface area contributed by atoms with Gasteiger partial charge in [0.15, 0.2) is 0 Å². The van der Waals surface area contributed by atoms with Crippen LogP contribution in [0.4, 0.5) is 11.6 Å². The fraction of sp³-hybridized carbons (Fsp3) is 0.176. The van der Waals surface area contributed by atoms with E-state index in [-0.39, 0.29) is 16.6 Å². The number of fused-ring (bicyclic) bond motifs is 1. The summed E-state index contributed by atoms with van der Waals surface area (Å²) < 4.78 is 33.4. The van der Waals surface area contributed by atoms with Crippen molar-refractivity contribution < 1.29 is 13.2 Å². The maximum absolute atomic E-state index is 12.7. The number of nitrogen functional groups attached to an aromatic ring is 1. The standard InChI is InChI=1S/C17H18N4O3S/c1-2-9-24-15-10-13(18)7-8-16(15)25(22,23)21-17-19-11-12-5-3-4-6-14(12)20-17/h3-8,10-11H,2,9,18H2,1H3,(H,19,20,21). The third-order valence-corrected chi connectivity index (χ3v) is 4.80. The molecular formula is C17H18N4O3S. The van der Waals surface area contributed by atoms with Gasteiger partial charge in [-0.05, 0) is 24.6 Å². The number of anilines is 2. The molecule has 0 bridgehead atoms. The van der Waals surface area contributed by atoms with Gasteiger partial charge in [-0.1, -0.05) is 25.1 Å². The summed E-state index contributed by atoms with van der Waals surface area (Å²) in [6.45, 7) is 2.32. The number of sulfonamides is 1. The maximum Gasteiger partial charge on any atom is 0.267 e. The topological polar surface area (TPSA) is 107 Å². The van der Waals surface area contributed by atoms with E-state index in [9.17, 15) is 8.42 Å². The summed E-state index contributed by atoms with van der Waals surface area (Å²) in [6.07, 6.45) is 2.31. The maximum atomic E-state index is 12.7. The van der Waals surface area contributed by atoms with Gasteiger partial charge >= 0.3 is 0 Å². The van der Waals surface area contributed by atoms with Crippen LogP contribution in [0.1, 0.15) is 13.3 Å². The monoisotopic (exact) mass is 358 g/mol. The second-order valence-corrected chi connectivity index (χ2v) is 7.06. The molecule has 3 aromatic rings. The number of benzene rings is 2. The van der Waals surface area contributed by atoms with Crippen LogP contribution >= 0.6 is 0 Å². The molecule has 8 heteroatoms. The number of nitrogens with two attached hydrogens (primary N) is 1. The minimum Gasteiger partial charge on any atom is -0.492 e. The largest absolute Gasteiger partial charge is 0.492 e. The summed E-state index contributed by atoms with van der Waals surface area (Å²) in [6, 6.07) is 11.7. The van der Waals surface area contributed by atoms with Crippen molar-refractivity contribution in [1.82, 2.24) is 9.97 Å². The number of aromatic nitrogens is 2. The average molecular weight is 358 g/mol. The van der Waals surface area contributed by atoms with Crippen LogP contribution in [0, 0.1) is 0 Å². The lowest BCUT2D eigenvalue weighted by Crippen LogP contribution is -2.16. The first-order valence-electron chi connectivity index (χ1n) is 7.76. The Kier molecular flexibility index (Phi) is 4.71. The van der Waals surface area contributed by atoms with E-state index < -0.39 is 10.0 Å². The first-order valence-corrected chi connectivity index (χ1v) is 9.25. The quantitative estimate of drug-likeness (QED) is 0.656. The molecule has 1 heterocycles. The molecule has 0 fully saturated rings. The number of nitrogens with zero attached hydrogens (tertiary/aromatic N) is 2. The summed E-state index contributed by atoms with van der Waals surface area (Å²) >= 11 is 0. The second kappa shape index (κ2) is 6.94. The van der Waals surface area contributed by atoms with Crippen molar-refractivity contribution in [2.45, 2.75) is 18.2 Å². The van der Waals surface area contributed by atoms with Gasteiger partial charge in [-0.2, -0.15) is 0 Å². The van der Waals surface area contributed by atoms with Gasteiger partial charge in [0.25, 0.3) is 10.0 Å². The number of hydrogen-bond donors (Lipinski definition) is 2. The highest BCUT2D eigenvalue weighted by Gasteiger charge is 2.21. The molecule has 0 aliphatic heterocycles. The fourth-order valence-corrected chi connectivity index (χ4v) is 3.35. The molecule has 0 saturated heterocycles. The van der Waals surface area contributed by atoms with Crippen LogP contribution in [-0.4, -0.2) is 25.0 Å². The number of nitrogens with one attached hydrogen (secondary N) is 1. The molecule has 0 saturated carbocycles. The Morgan fingerprint density at radius 3 is 2.80 bits per heavy atom. The molecule has 0 aliphatic carbocycles. The number of hydrogen-bond acceptors (Lipinski definition) is 6. The highest BCUT2D eigenvalue weighted by molar-refractivity contribution is 7.92. The van der Waals surface area contributed by atoms with Gasteiger partial charge in [0.2, 0.25) is 5.95 Å². The first kappa shape index (κ1) is 17.0. The average Bonchev–Trinajstić information content (AvgIpc) is 2.59. The molecule has 0 spiro atoms. The number of para-hydroxylation sites is 1. The van der Waals surface area contributed by atoms with Crippen LogP contribution < -0.4 is 15.2 Å². The van der Waals surface area contributed by atoms with E-state index in [1.54, 1.807) is 12.3 Å². The van der Waals surface area contributed by atoms with Gasteiger partial charge in [0, 0.05) is 23.3 Å². The van der Waals surface area contributed by atoms with Crippen molar-refractivity contribution in [2.75, 3.05) is 17.1 Å². The van der Waals surface area contributed by atoms with E-state index in [2.05, 4.69) is 14.7 Å². The molecule has 25 heavy (non-hydrogen) atoms. The molecule has 130 valence electrons. The van der Waals surface area contributed by atoms with E-state index in [0.29, 0.717) is 17.8 Å². The molecule has 2 aromatic carbocycles. The zero-order valence-corrected chi connectivity index (χ0v) is 14.5. The van der Waals surface area contributed by atoms with Gasteiger partial charge in [0.1, 0.15) is 10.6 Å². The van der Waals surface area contributed by atoms with Crippen LogP contribution in [0.15, 0.2) is 53.6 Å². The molecule has 7 nitrogen and oxygen atoms in total. The van der Waals surface area contributed by atoms with Gasteiger partial charge in [0.05, 0.1) is 12.1 Å². The molecule has 0 radical (unpaired) electrons. The number of rotatable bonds is 6. The molecular weight excluding hydrogens is 340 g/mol.